The molecule has 2 heterocycles. The minimum Gasteiger partial charge on any atom is -0.507 e. The van der Waals surface area contributed by atoms with Crippen LogP contribution < -0.4 is 9.64 Å². The van der Waals surface area contributed by atoms with Crippen LogP contribution in [0.3, 0.4) is 0 Å². The minimum absolute atomic E-state index is 0.135. The molecule has 2 aliphatic rings. The number of rotatable bonds is 3. The van der Waals surface area contributed by atoms with Crippen LogP contribution in [0.1, 0.15) is 21.5 Å². The van der Waals surface area contributed by atoms with Crippen molar-refractivity contribution in [2.24, 2.45) is 0 Å². The zero-order valence-electron chi connectivity index (χ0n) is 14.4. The van der Waals surface area contributed by atoms with Crippen LogP contribution in [-0.4, -0.2) is 37.2 Å². The highest BCUT2D eigenvalue weighted by atomic mass is 35.5. The number of hydrogen-bond acceptors (Lipinski definition) is 4. The van der Waals surface area contributed by atoms with Crippen LogP contribution in [0.15, 0.2) is 36.1 Å². The number of ether oxygens (including phenoxy) is 2. The van der Waals surface area contributed by atoms with E-state index < -0.39 is 0 Å². The number of phenolic OH excluding ortho intramolecular Hbond substituents is 1. The number of morpholine rings is 1. The van der Waals surface area contributed by atoms with Gasteiger partial charge in [-0.25, -0.2) is 0 Å². The van der Waals surface area contributed by atoms with E-state index in [0.717, 1.165) is 13.1 Å². The van der Waals surface area contributed by atoms with Crippen LogP contribution in [0.5, 0.6) is 11.5 Å². The van der Waals surface area contributed by atoms with Gasteiger partial charge in [-0.2, -0.15) is 0 Å². The lowest BCUT2D eigenvalue weighted by Gasteiger charge is -2.24. The predicted octanol–water partition coefficient (Wildman–Crippen LogP) is 2.73. The molecular weight excluding hydrogens is 389 g/mol. The summed E-state index contributed by atoms with van der Waals surface area (Å²) in [6.45, 7) is 3.65. The van der Waals surface area contributed by atoms with Crippen molar-refractivity contribution in [1.82, 2.24) is 0 Å². The van der Waals surface area contributed by atoms with E-state index in [2.05, 4.69) is 0 Å². The Morgan fingerprint density at radius 2 is 1.89 bits per heavy atom. The number of quaternary nitrogens is 1. The number of ketones is 1. The summed E-state index contributed by atoms with van der Waals surface area (Å²) in [4.78, 5) is 14.0. The molecule has 1 fully saturated rings. The summed E-state index contributed by atoms with van der Waals surface area (Å²) < 4.78 is 11.3. The van der Waals surface area contributed by atoms with Crippen LogP contribution in [0.2, 0.25) is 10.0 Å². The van der Waals surface area contributed by atoms with Crippen molar-refractivity contribution in [3.63, 3.8) is 0 Å². The average molecular weight is 407 g/mol. The van der Waals surface area contributed by atoms with Crippen LogP contribution in [0.4, 0.5) is 0 Å². The third-order valence-electron chi connectivity index (χ3n) is 4.78. The van der Waals surface area contributed by atoms with E-state index >= 15 is 0 Å². The van der Waals surface area contributed by atoms with Crippen LogP contribution in [0.25, 0.3) is 6.08 Å². The number of fused-ring (bicyclic) bond motifs is 1. The molecule has 0 spiro atoms. The summed E-state index contributed by atoms with van der Waals surface area (Å²) in [6.07, 6.45) is 1.63. The molecular formula is C20H18Cl2NO4+. The molecule has 2 aromatic carbocycles. The number of benzene rings is 2. The fourth-order valence-corrected chi connectivity index (χ4v) is 3.61. The number of hydrogen-bond donors (Lipinski definition) is 2. The quantitative estimate of drug-likeness (QED) is 0.769. The summed E-state index contributed by atoms with van der Waals surface area (Å²) in [5, 5.41) is 11.2. The number of allylic oxidation sites excluding steroid dienone is 1. The fourth-order valence-electron chi connectivity index (χ4n) is 3.31. The van der Waals surface area contributed by atoms with Gasteiger partial charge >= 0.3 is 0 Å². The lowest BCUT2D eigenvalue weighted by atomic mass is 10.0. The second-order valence-electron chi connectivity index (χ2n) is 6.59. The molecule has 0 bridgehead atoms. The summed E-state index contributed by atoms with van der Waals surface area (Å²) in [5.41, 5.74) is 1.82. The zero-order chi connectivity index (χ0) is 19.0. The molecule has 1 saturated heterocycles. The first-order chi connectivity index (χ1) is 13.0. The summed E-state index contributed by atoms with van der Waals surface area (Å²) in [6, 6.07) is 8.25. The molecule has 0 aromatic heterocycles. The normalized spacial score (nSPS) is 18.6. The van der Waals surface area contributed by atoms with Gasteiger partial charge in [0.15, 0.2) is 11.5 Å². The van der Waals surface area contributed by atoms with Gasteiger partial charge in [-0.3, -0.25) is 4.79 Å². The van der Waals surface area contributed by atoms with Gasteiger partial charge in [-0.1, -0.05) is 29.3 Å². The highest BCUT2D eigenvalue weighted by Gasteiger charge is 2.32. The fraction of sp³-hybridized carbons (Fsp3) is 0.250. The van der Waals surface area contributed by atoms with Crippen molar-refractivity contribution in [3.8, 4) is 11.5 Å². The summed E-state index contributed by atoms with van der Waals surface area (Å²) in [7, 11) is 0. The van der Waals surface area contributed by atoms with E-state index in [0.29, 0.717) is 52.2 Å². The van der Waals surface area contributed by atoms with Gasteiger partial charge in [0.2, 0.25) is 5.78 Å². The Labute approximate surface area is 166 Å². The zero-order valence-corrected chi connectivity index (χ0v) is 15.9. The molecule has 0 amide bonds. The second-order valence-corrected chi connectivity index (χ2v) is 7.41. The largest absolute Gasteiger partial charge is 0.507 e. The molecule has 0 atom stereocenters. The SMILES string of the molecule is O=C1/C(=C/c2ccc(Cl)c(Cl)c2)Oc2c1ccc(O)c2C[NH+]1CCOCC1. The number of Topliss-reactive ketones (excluding diaryl/α,β-unsaturated/α-hetero) is 1. The van der Waals surface area contributed by atoms with Crippen molar-refractivity contribution in [2.45, 2.75) is 6.54 Å². The third kappa shape index (κ3) is 3.69. The van der Waals surface area contributed by atoms with Crippen LogP contribution in [-0.2, 0) is 11.3 Å². The summed E-state index contributed by atoms with van der Waals surface area (Å²) >= 11 is 12.0. The van der Waals surface area contributed by atoms with Gasteiger partial charge < -0.3 is 19.5 Å². The Hall–Kier alpha value is -2.05. The lowest BCUT2D eigenvalue weighted by Crippen LogP contribution is -3.12. The Kier molecular flexibility index (Phi) is 5.10. The molecule has 4 rings (SSSR count). The Bertz CT molecular complexity index is 936. The van der Waals surface area contributed by atoms with Gasteiger partial charge in [0.1, 0.15) is 25.4 Å². The van der Waals surface area contributed by atoms with Crippen LogP contribution >= 0.6 is 23.2 Å². The maximum absolute atomic E-state index is 12.7. The second kappa shape index (κ2) is 7.52. The van der Waals surface area contributed by atoms with Crippen molar-refractivity contribution < 1.29 is 24.3 Å². The number of halogens is 2. The van der Waals surface area contributed by atoms with E-state index in [-0.39, 0.29) is 17.3 Å². The van der Waals surface area contributed by atoms with Crippen molar-refractivity contribution in [3.05, 3.63) is 62.8 Å². The smallest absolute Gasteiger partial charge is 0.231 e. The van der Waals surface area contributed by atoms with Crippen LogP contribution in [0, 0.1) is 0 Å². The minimum atomic E-state index is -0.214. The van der Waals surface area contributed by atoms with E-state index in [1.165, 1.54) is 4.90 Å². The average Bonchev–Trinajstić information content (AvgIpc) is 2.97. The Morgan fingerprint density at radius 3 is 2.63 bits per heavy atom. The number of nitrogens with one attached hydrogen (secondary N) is 1. The summed E-state index contributed by atoms with van der Waals surface area (Å²) in [5.74, 6) is 0.558. The van der Waals surface area contributed by atoms with Gasteiger partial charge in [0.25, 0.3) is 0 Å². The van der Waals surface area contributed by atoms with Gasteiger partial charge in [0.05, 0.1) is 34.4 Å². The van der Waals surface area contributed by atoms with E-state index in [9.17, 15) is 9.90 Å². The maximum Gasteiger partial charge on any atom is 0.231 e. The van der Waals surface area contributed by atoms with Crippen molar-refractivity contribution >= 4 is 35.1 Å². The van der Waals surface area contributed by atoms with E-state index in [4.69, 9.17) is 32.7 Å². The predicted molar refractivity (Wildman–Crippen MR) is 103 cm³/mol. The highest BCUT2D eigenvalue weighted by molar-refractivity contribution is 6.42. The molecule has 0 radical (unpaired) electrons. The van der Waals surface area contributed by atoms with Crippen molar-refractivity contribution in [1.29, 1.82) is 0 Å². The standard InChI is InChI=1S/C20H17Cl2NO4/c21-15-3-1-12(9-16(15)22)10-18-19(25)13-2-4-17(24)14(20(13)27-18)11-23-5-7-26-8-6-23/h1-4,9-10,24H,5-8,11H2/p+1/b18-10-. The molecule has 2 aromatic rings. The molecule has 5 nitrogen and oxygen atoms in total. The monoisotopic (exact) mass is 406 g/mol. The molecule has 140 valence electrons. The number of aromatic hydroxyl groups is 1. The molecule has 2 N–H and O–H groups in total. The van der Waals surface area contributed by atoms with Crippen molar-refractivity contribution in [2.75, 3.05) is 26.3 Å². The highest BCUT2D eigenvalue weighted by Crippen LogP contribution is 2.39. The third-order valence-corrected chi connectivity index (χ3v) is 5.52. The number of carbonyl (C=O) groups is 1. The Balaban J connectivity index is 1.65. The molecule has 27 heavy (non-hydrogen) atoms. The first kappa shape index (κ1) is 18.3. The number of phenols is 1. The van der Waals surface area contributed by atoms with Gasteiger partial charge in [-0.05, 0) is 35.9 Å². The molecule has 0 unspecified atom stereocenters. The van der Waals surface area contributed by atoms with Gasteiger partial charge in [-0.15, -0.1) is 0 Å². The number of carbonyl (C=O) groups excluding carboxylic acids is 1. The maximum atomic E-state index is 12.7. The van der Waals surface area contributed by atoms with E-state index in [1.807, 2.05) is 0 Å². The molecule has 7 heteroatoms. The first-order valence-corrected chi connectivity index (χ1v) is 9.44. The Morgan fingerprint density at radius 1 is 1.11 bits per heavy atom. The topological polar surface area (TPSA) is 60.2 Å². The molecule has 0 aliphatic carbocycles. The molecule has 0 saturated carbocycles. The molecule has 2 aliphatic heterocycles. The van der Waals surface area contributed by atoms with E-state index in [1.54, 1.807) is 36.4 Å². The first-order valence-electron chi connectivity index (χ1n) is 8.68. The lowest BCUT2D eigenvalue weighted by molar-refractivity contribution is -0.921. The van der Waals surface area contributed by atoms with Gasteiger partial charge in [0, 0.05) is 0 Å².